The van der Waals surface area contributed by atoms with E-state index >= 15 is 0 Å². The lowest BCUT2D eigenvalue weighted by Gasteiger charge is -2.13. The maximum Gasteiger partial charge on any atom is 0.0797 e. The third-order valence-electron chi connectivity index (χ3n) is 2.61. The molecular weight excluding hydrogens is 214 g/mol. The maximum atomic E-state index is 5.74. The fraction of sp³-hybridized carbons (Fsp3) is 0.308. The number of anilines is 1. The van der Waals surface area contributed by atoms with Crippen LogP contribution < -0.4 is 5.73 Å². The van der Waals surface area contributed by atoms with Crippen molar-refractivity contribution in [1.82, 2.24) is 9.78 Å². The zero-order valence-corrected chi connectivity index (χ0v) is 9.91. The zero-order valence-electron chi connectivity index (χ0n) is 9.91. The van der Waals surface area contributed by atoms with Crippen molar-refractivity contribution >= 4 is 5.69 Å². The molecule has 4 nitrogen and oxygen atoms in total. The summed E-state index contributed by atoms with van der Waals surface area (Å²) >= 11 is 0. The van der Waals surface area contributed by atoms with Gasteiger partial charge in [0.25, 0.3) is 0 Å². The normalized spacial score (nSPS) is 12.5. The highest BCUT2D eigenvalue weighted by molar-refractivity contribution is 5.30. The lowest BCUT2D eigenvalue weighted by Crippen LogP contribution is -2.09. The number of nitrogens with zero attached hydrogens (tertiary/aromatic N) is 2. The van der Waals surface area contributed by atoms with Crippen molar-refractivity contribution in [1.29, 1.82) is 0 Å². The summed E-state index contributed by atoms with van der Waals surface area (Å²) in [6, 6.07) is 10.2. The first kappa shape index (κ1) is 11.7. The Morgan fingerprint density at radius 2 is 2.12 bits per heavy atom. The molecule has 0 radical (unpaired) electrons. The van der Waals surface area contributed by atoms with Crippen LogP contribution in [-0.2, 0) is 11.3 Å². The first-order valence-electron chi connectivity index (χ1n) is 5.70. The van der Waals surface area contributed by atoms with Crippen LogP contribution in [0.1, 0.15) is 18.6 Å². The van der Waals surface area contributed by atoms with E-state index in [-0.39, 0.29) is 6.10 Å². The number of rotatable bonds is 5. The van der Waals surface area contributed by atoms with Gasteiger partial charge in [0.2, 0.25) is 0 Å². The summed E-state index contributed by atoms with van der Waals surface area (Å²) in [6.45, 7) is 3.39. The van der Waals surface area contributed by atoms with E-state index < -0.39 is 0 Å². The molecule has 0 aliphatic rings. The highest BCUT2D eigenvalue weighted by atomic mass is 16.5. The Bertz CT molecular complexity index is 453. The molecule has 2 rings (SSSR count). The van der Waals surface area contributed by atoms with E-state index in [0.29, 0.717) is 18.8 Å². The predicted octanol–water partition coefficient (Wildman–Crippen LogP) is 2.24. The van der Waals surface area contributed by atoms with Crippen molar-refractivity contribution in [3.8, 4) is 0 Å². The highest BCUT2D eigenvalue weighted by Crippen LogP contribution is 2.15. The maximum absolute atomic E-state index is 5.74. The minimum atomic E-state index is 0.101. The summed E-state index contributed by atoms with van der Waals surface area (Å²) in [7, 11) is 0. The Kier molecular flexibility index (Phi) is 3.77. The smallest absolute Gasteiger partial charge is 0.0797 e. The summed E-state index contributed by atoms with van der Waals surface area (Å²) in [4.78, 5) is 0. The minimum absolute atomic E-state index is 0.101. The third kappa shape index (κ3) is 3.32. The fourth-order valence-electron chi connectivity index (χ4n) is 1.65. The molecule has 0 saturated heterocycles. The molecule has 0 saturated carbocycles. The Hall–Kier alpha value is -1.81. The van der Waals surface area contributed by atoms with Gasteiger partial charge in [-0.3, -0.25) is 4.68 Å². The summed E-state index contributed by atoms with van der Waals surface area (Å²) in [5.74, 6) is 0. The molecular formula is C13H17N3O. The molecule has 4 heteroatoms. The molecule has 0 aliphatic carbocycles. The molecule has 17 heavy (non-hydrogen) atoms. The van der Waals surface area contributed by atoms with Crippen molar-refractivity contribution in [2.24, 2.45) is 0 Å². The summed E-state index contributed by atoms with van der Waals surface area (Å²) in [5.41, 5.74) is 7.45. The SMILES string of the molecule is CC(OCCn1cc(N)cn1)c1ccccc1. The van der Waals surface area contributed by atoms with Gasteiger partial charge in [0.1, 0.15) is 0 Å². The molecule has 2 N–H and O–H groups in total. The van der Waals surface area contributed by atoms with Gasteiger partial charge in [0, 0.05) is 6.20 Å². The zero-order chi connectivity index (χ0) is 12.1. The van der Waals surface area contributed by atoms with Crippen LogP contribution in [-0.4, -0.2) is 16.4 Å². The number of hydrogen-bond acceptors (Lipinski definition) is 3. The quantitative estimate of drug-likeness (QED) is 0.858. The van der Waals surface area contributed by atoms with Gasteiger partial charge in [0.15, 0.2) is 0 Å². The lowest BCUT2D eigenvalue weighted by atomic mass is 10.1. The Morgan fingerprint density at radius 3 is 2.76 bits per heavy atom. The molecule has 0 amide bonds. The van der Waals surface area contributed by atoms with Crippen LogP contribution in [0.4, 0.5) is 5.69 Å². The fourth-order valence-corrected chi connectivity index (χ4v) is 1.65. The average molecular weight is 231 g/mol. The molecule has 1 aromatic carbocycles. The van der Waals surface area contributed by atoms with Gasteiger partial charge >= 0.3 is 0 Å². The van der Waals surface area contributed by atoms with Crippen LogP contribution in [0.25, 0.3) is 0 Å². The van der Waals surface area contributed by atoms with Gasteiger partial charge in [-0.15, -0.1) is 0 Å². The third-order valence-corrected chi connectivity index (χ3v) is 2.61. The number of ether oxygens (including phenoxy) is 1. The molecule has 0 fully saturated rings. The molecule has 1 atom stereocenters. The Balaban J connectivity index is 1.79. The molecule has 0 bridgehead atoms. The van der Waals surface area contributed by atoms with Crippen LogP contribution in [0.3, 0.4) is 0 Å². The van der Waals surface area contributed by atoms with Gasteiger partial charge in [-0.25, -0.2) is 0 Å². The molecule has 1 unspecified atom stereocenters. The molecule has 1 heterocycles. The molecule has 90 valence electrons. The van der Waals surface area contributed by atoms with E-state index in [9.17, 15) is 0 Å². The number of nitrogen functional groups attached to an aromatic ring is 1. The van der Waals surface area contributed by atoms with Crippen LogP contribution in [0.2, 0.25) is 0 Å². The van der Waals surface area contributed by atoms with Crippen molar-refractivity contribution in [3.05, 3.63) is 48.3 Å². The van der Waals surface area contributed by atoms with Crippen molar-refractivity contribution < 1.29 is 4.74 Å². The molecule has 0 spiro atoms. The van der Waals surface area contributed by atoms with Crippen molar-refractivity contribution in [2.45, 2.75) is 19.6 Å². The standard InChI is InChI=1S/C13H17N3O/c1-11(12-5-3-2-4-6-12)17-8-7-16-10-13(14)9-15-16/h2-6,9-11H,7-8,14H2,1H3. The molecule has 2 aromatic rings. The largest absolute Gasteiger partial charge is 0.396 e. The molecule has 0 aliphatic heterocycles. The van der Waals surface area contributed by atoms with Crippen LogP contribution >= 0.6 is 0 Å². The van der Waals surface area contributed by atoms with Gasteiger partial charge in [-0.1, -0.05) is 30.3 Å². The van der Waals surface area contributed by atoms with E-state index in [4.69, 9.17) is 10.5 Å². The van der Waals surface area contributed by atoms with Crippen molar-refractivity contribution in [3.63, 3.8) is 0 Å². The van der Waals surface area contributed by atoms with E-state index in [0.717, 1.165) is 0 Å². The molecule has 1 aromatic heterocycles. The second-order valence-corrected chi connectivity index (χ2v) is 3.96. The van der Waals surface area contributed by atoms with Gasteiger partial charge in [0.05, 0.1) is 31.1 Å². The van der Waals surface area contributed by atoms with E-state index in [1.165, 1.54) is 5.56 Å². The average Bonchev–Trinajstić information content (AvgIpc) is 2.76. The van der Waals surface area contributed by atoms with E-state index in [1.807, 2.05) is 25.1 Å². The first-order valence-corrected chi connectivity index (χ1v) is 5.70. The van der Waals surface area contributed by atoms with Gasteiger partial charge in [-0.2, -0.15) is 5.10 Å². The highest BCUT2D eigenvalue weighted by Gasteiger charge is 2.04. The number of aromatic nitrogens is 2. The summed E-state index contributed by atoms with van der Waals surface area (Å²) in [5, 5.41) is 4.10. The van der Waals surface area contributed by atoms with Crippen molar-refractivity contribution in [2.75, 3.05) is 12.3 Å². The summed E-state index contributed by atoms with van der Waals surface area (Å²) in [6.07, 6.45) is 3.54. The van der Waals surface area contributed by atoms with Crippen LogP contribution in [0, 0.1) is 0 Å². The summed E-state index contributed by atoms with van der Waals surface area (Å²) < 4.78 is 7.52. The van der Waals surface area contributed by atoms with E-state index in [2.05, 4.69) is 17.2 Å². The predicted molar refractivity (Wildman–Crippen MR) is 67.4 cm³/mol. The second-order valence-electron chi connectivity index (χ2n) is 3.96. The van der Waals surface area contributed by atoms with E-state index in [1.54, 1.807) is 17.1 Å². The number of nitrogens with two attached hydrogens (primary N) is 1. The second kappa shape index (κ2) is 5.50. The monoisotopic (exact) mass is 231 g/mol. The lowest BCUT2D eigenvalue weighted by molar-refractivity contribution is 0.0583. The number of benzene rings is 1. The number of hydrogen-bond donors (Lipinski definition) is 1. The first-order chi connectivity index (χ1) is 8.25. The van der Waals surface area contributed by atoms with Gasteiger partial charge < -0.3 is 10.5 Å². The Morgan fingerprint density at radius 1 is 1.35 bits per heavy atom. The topological polar surface area (TPSA) is 53.1 Å². The minimum Gasteiger partial charge on any atom is -0.396 e. The Labute approximate surface area is 101 Å². The van der Waals surface area contributed by atoms with Crippen LogP contribution in [0.15, 0.2) is 42.7 Å². The van der Waals surface area contributed by atoms with Gasteiger partial charge in [-0.05, 0) is 12.5 Å². The van der Waals surface area contributed by atoms with Crippen LogP contribution in [0.5, 0.6) is 0 Å².